The minimum Gasteiger partial charge on any atom is -0.323 e. The summed E-state index contributed by atoms with van der Waals surface area (Å²) in [7, 11) is 0. The van der Waals surface area contributed by atoms with Gasteiger partial charge in [-0.05, 0) is 18.6 Å². The summed E-state index contributed by atoms with van der Waals surface area (Å²) in [5, 5.41) is 3.35. The summed E-state index contributed by atoms with van der Waals surface area (Å²) in [6, 6.07) is 7.56. The Hall–Kier alpha value is -2.64. The van der Waals surface area contributed by atoms with Gasteiger partial charge in [-0.2, -0.15) is 13.2 Å². The van der Waals surface area contributed by atoms with E-state index in [9.17, 15) is 22.8 Å². The topological polar surface area (TPSA) is 62.3 Å². The van der Waals surface area contributed by atoms with Crippen molar-refractivity contribution in [1.82, 2.24) is 9.88 Å². The third kappa shape index (κ3) is 2.84. The van der Waals surface area contributed by atoms with Gasteiger partial charge in [-0.25, -0.2) is 0 Å². The standard InChI is InChI=1S/C15H12F3N3O2/c16-15(17,18)14(23)21-8-6-11(21)13(22)20-10-5-1-3-9-4-2-7-19-12(9)10/h1-5,7,11H,6,8H2,(H,20,22). The van der Waals surface area contributed by atoms with Gasteiger partial charge in [0.25, 0.3) is 0 Å². The van der Waals surface area contributed by atoms with Crippen molar-refractivity contribution in [3.63, 3.8) is 0 Å². The summed E-state index contributed by atoms with van der Waals surface area (Å²) in [6.45, 7) is -0.0791. The number of halogens is 3. The molecule has 0 saturated carbocycles. The van der Waals surface area contributed by atoms with Gasteiger partial charge in [0.2, 0.25) is 5.91 Å². The summed E-state index contributed by atoms with van der Waals surface area (Å²) < 4.78 is 37.4. The molecule has 120 valence electrons. The van der Waals surface area contributed by atoms with Crippen LogP contribution in [0.5, 0.6) is 0 Å². The molecule has 3 rings (SSSR count). The fourth-order valence-corrected chi connectivity index (χ4v) is 2.49. The van der Waals surface area contributed by atoms with Crippen molar-refractivity contribution in [2.75, 3.05) is 11.9 Å². The van der Waals surface area contributed by atoms with E-state index in [1.165, 1.54) is 0 Å². The number of rotatable bonds is 2. The third-order valence-electron chi connectivity index (χ3n) is 3.72. The molecule has 1 aromatic carbocycles. The number of hydrogen-bond donors (Lipinski definition) is 1. The number of benzene rings is 1. The Morgan fingerprint density at radius 3 is 2.61 bits per heavy atom. The van der Waals surface area contributed by atoms with E-state index >= 15 is 0 Å². The number of anilines is 1. The van der Waals surface area contributed by atoms with Crippen LogP contribution >= 0.6 is 0 Å². The van der Waals surface area contributed by atoms with E-state index < -0.39 is 24.0 Å². The third-order valence-corrected chi connectivity index (χ3v) is 3.72. The van der Waals surface area contributed by atoms with E-state index in [1.807, 2.05) is 0 Å². The molecule has 2 amide bonds. The fraction of sp³-hybridized carbons (Fsp3) is 0.267. The van der Waals surface area contributed by atoms with Crippen LogP contribution in [0.25, 0.3) is 10.9 Å². The lowest BCUT2D eigenvalue weighted by molar-refractivity contribution is -0.193. The molecule has 1 aliphatic rings. The number of nitrogens with zero attached hydrogens (tertiary/aromatic N) is 2. The van der Waals surface area contributed by atoms with Crippen LogP contribution < -0.4 is 5.32 Å². The number of amides is 2. The number of nitrogens with one attached hydrogen (secondary N) is 1. The Balaban J connectivity index is 1.78. The van der Waals surface area contributed by atoms with Crippen molar-refractivity contribution in [2.24, 2.45) is 0 Å². The number of fused-ring (bicyclic) bond motifs is 1. The summed E-state index contributed by atoms with van der Waals surface area (Å²) in [5.41, 5.74) is 0.941. The lowest BCUT2D eigenvalue weighted by atomic mass is 10.0. The first-order chi connectivity index (χ1) is 10.9. The maximum absolute atomic E-state index is 12.5. The summed E-state index contributed by atoms with van der Waals surface area (Å²) in [4.78, 5) is 28.1. The molecule has 0 aliphatic carbocycles. The van der Waals surface area contributed by atoms with Crippen molar-refractivity contribution < 1.29 is 22.8 Å². The molecule has 1 saturated heterocycles. The number of pyridine rings is 1. The van der Waals surface area contributed by atoms with Crippen LogP contribution in [0.2, 0.25) is 0 Å². The van der Waals surface area contributed by atoms with Crippen molar-refractivity contribution in [3.8, 4) is 0 Å². The SMILES string of the molecule is O=C(Nc1cccc2cccnc12)C1CCN1C(=O)C(F)(F)F. The molecule has 0 spiro atoms. The smallest absolute Gasteiger partial charge is 0.323 e. The van der Waals surface area contributed by atoms with Crippen LogP contribution in [0.3, 0.4) is 0 Å². The quantitative estimate of drug-likeness (QED) is 0.923. The molecule has 1 unspecified atom stereocenters. The highest BCUT2D eigenvalue weighted by molar-refractivity contribution is 6.04. The Labute approximate surface area is 129 Å². The first-order valence-electron chi connectivity index (χ1n) is 6.90. The lowest BCUT2D eigenvalue weighted by Crippen LogP contribution is -2.60. The van der Waals surface area contributed by atoms with Crippen molar-refractivity contribution in [1.29, 1.82) is 0 Å². The van der Waals surface area contributed by atoms with Gasteiger partial charge in [-0.1, -0.05) is 18.2 Å². The van der Waals surface area contributed by atoms with Crippen LogP contribution in [0.4, 0.5) is 18.9 Å². The van der Waals surface area contributed by atoms with E-state index in [1.54, 1.807) is 36.5 Å². The molecule has 5 nitrogen and oxygen atoms in total. The van der Waals surface area contributed by atoms with E-state index in [0.29, 0.717) is 16.1 Å². The number of carbonyl (C=O) groups is 2. The van der Waals surface area contributed by atoms with E-state index in [-0.39, 0.29) is 13.0 Å². The van der Waals surface area contributed by atoms with Crippen LogP contribution in [-0.4, -0.2) is 40.5 Å². The number of hydrogen-bond acceptors (Lipinski definition) is 3. The van der Waals surface area contributed by atoms with E-state index in [4.69, 9.17) is 0 Å². The van der Waals surface area contributed by atoms with E-state index in [0.717, 1.165) is 5.39 Å². The zero-order valence-corrected chi connectivity index (χ0v) is 11.8. The second-order valence-electron chi connectivity index (χ2n) is 5.17. The number of alkyl halides is 3. The first-order valence-corrected chi connectivity index (χ1v) is 6.90. The van der Waals surface area contributed by atoms with Crippen molar-refractivity contribution >= 4 is 28.4 Å². The molecule has 2 heterocycles. The minimum atomic E-state index is -4.97. The van der Waals surface area contributed by atoms with E-state index in [2.05, 4.69) is 10.3 Å². The van der Waals surface area contributed by atoms with Gasteiger partial charge in [-0.15, -0.1) is 0 Å². The lowest BCUT2D eigenvalue weighted by Gasteiger charge is -2.39. The highest BCUT2D eigenvalue weighted by Gasteiger charge is 2.49. The predicted molar refractivity (Wildman–Crippen MR) is 76.5 cm³/mol. The summed E-state index contributed by atoms with van der Waals surface area (Å²) in [6.07, 6.45) is -3.22. The Kier molecular flexibility index (Phi) is 3.67. The second kappa shape index (κ2) is 5.53. The molecule has 1 fully saturated rings. The Morgan fingerprint density at radius 1 is 1.22 bits per heavy atom. The molecule has 1 N–H and O–H groups in total. The van der Waals surface area contributed by atoms with Crippen LogP contribution in [0, 0.1) is 0 Å². The zero-order chi connectivity index (χ0) is 16.6. The fourth-order valence-electron chi connectivity index (χ4n) is 2.49. The molecule has 0 bridgehead atoms. The van der Waals surface area contributed by atoms with Crippen LogP contribution in [0.15, 0.2) is 36.5 Å². The second-order valence-corrected chi connectivity index (χ2v) is 5.17. The molecule has 1 atom stereocenters. The largest absolute Gasteiger partial charge is 0.471 e. The Morgan fingerprint density at radius 2 is 1.96 bits per heavy atom. The molecule has 2 aromatic rings. The number of likely N-dealkylation sites (tertiary alicyclic amines) is 1. The maximum atomic E-state index is 12.5. The van der Waals surface area contributed by atoms with Gasteiger partial charge in [0.15, 0.2) is 0 Å². The molecule has 1 aliphatic heterocycles. The van der Waals surface area contributed by atoms with Gasteiger partial charge in [0, 0.05) is 18.1 Å². The first kappa shape index (κ1) is 15.3. The molecule has 8 heteroatoms. The number of carbonyl (C=O) groups excluding carboxylic acids is 2. The normalized spacial score (nSPS) is 17.7. The summed E-state index contributed by atoms with van der Waals surface area (Å²) in [5.74, 6) is -2.63. The van der Waals surface area contributed by atoms with Gasteiger partial charge in [-0.3, -0.25) is 14.6 Å². The predicted octanol–water partition coefficient (Wildman–Crippen LogP) is 2.34. The van der Waals surface area contributed by atoms with Gasteiger partial charge in [0.1, 0.15) is 6.04 Å². The molecular weight excluding hydrogens is 311 g/mol. The highest BCUT2D eigenvalue weighted by atomic mass is 19.4. The van der Waals surface area contributed by atoms with Crippen molar-refractivity contribution in [2.45, 2.75) is 18.6 Å². The van der Waals surface area contributed by atoms with Gasteiger partial charge < -0.3 is 10.2 Å². The monoisotopic (exact) mass is 323 g/mol. The average Bonchev–Trinajstić information content (AvgIpc) is 2.45. The number of para-hydroxylation sites is 1. The molecule has 23 heavy (non-hydrogen) atoms. The average molecular weight is 323 g/mol. The maximum Gasteiger partial charge on any atom is 0.471 e. The zero-order valence-electron chi connectivity index (χ0n) is 11.8. The van der Waals surface area contributed by atoms with Crippen molar-refractivity contribution in [3.05, 3.63) is 36.5 Å². The van der Waals surface area contributed by atoms with Crippen LogP contribution in [0.1, 0.15) is 6.42 Å². The number of aromatic nitrogens is 1. The van der Waals surface area contributed by atoms with Gasteiger partial charge >= 0.3 is 12.1 Å². The molecule has 0 radical (unpaired) electrons. The van der Waals surface area contributed by atoms with Gasteiger partial charge in [0.05, 0.1) is 11.2 Å². The molecular formula is C15H12F3N3O2. The van der Waals surface area contributed by atoms with Crippen LogP contribution in [-0.2, 0) is 9.59 Å². The summed E-state index contributed by atoms with van der Waals surface area (Å²) >= 11 is 0. The molecule has 1 aromatic heterocycles. The Bertz CT molecular complexity index is 771. The minimum absolute atomic E-state index is 0.0791. The highest BCUT2D eigenvalue weighted by Crippen LogP contribution is 2.28.